The fraction of sp³-hybridized carbons (Fsp3) is 0.559. The Balaban J connectivity index is 1.59. The van der Waals surface area contributed by atoms with Crippen molar-refractivity contribution in [2.75, 3.05) is 49.3 Å². The number of benzene rings is 1. The first-order valence-corrected chi connectivity index (χ1v) is 16.6. The summed E-state index contributed by atoms with van der Waals surface area (Å²) in [4.78, 5) is 43.6. The lowest BCUT2D eigenvalue weighted by Crippen LogP contribution is -2.48. The van der Waals surface area contributed by atoms with Crippen molar-refractivity contribution >= 4 is 35.0 Å². The average molecular weight is 684 g/mol. The highest BCUT2D eigenvalue weighted by atomic mass is 16.5. The zero-order valence-electron chi connectivity index (χ0n) is 29.6. The van der Waals surface area contributed by atoms with E-state index < -0.39 is 18.2 Å². The molecule has 5 amide bonds. The Kier molecular flexibility index (Phi) is 12.6. The van der Waals surface area contributed by atoms with Gasteiger partial charge in [0.15, 0.2) is 11.5 Å². The van der Waals surface area contributed by atoms with Crippen LogP contribution in [0.3, 0.4) is 0 Å². The molecule has 268 valence electrons. The molecule has 0 unspecified atom stereocenters. The molecular weight excluding hydrogens is 634 g/mol. The summed E-state index contributed by atoms with van der Waals surface area (Å²) in [7, 11) is 1.68. The van der Waals surface area contributed by atoms with Crippen molar-refractivity contribution in [3.8, 4) is 5.75 Å². The number of likely N-dealkylation sites (N-methyl/N-ethyl adjacent to an activating group) is 1. The Labute approximate surface area is 286 Å². The predicted octanol–water partition coefficient (Wildman–Crippen LogP) is 5.50. The minimum atomic E-state index is -0.561. The van der Waals surface area contributed by atoms with Gasteiger partial charge in [-0.1, -0.05) is 17.2 Å². The summed E-state index contributed by atoms with van der Waals surface area (Å²) in [5, 5.41) is 26.4. The average Bonchev–Trinajstić information content (AvgIpc) is 3.56. The maximum Gasteiger partial charge on any atom is 0.323 e. The number of anilines is 3. The molecule has 15 heteroatoms. The molecule has 3 aromatic rings. The van der Waals surface area contributed by atoms with Gasteiger partial charge in [-0.05, 0) is 79.0 Å². The molecule has 15 nitrogen and oxygen atoms in total. The van der Waals surface area contributed by atoms with Crippen LogP contribution in [0.1, 0.15) is 73.3 Å². The molecule has 0 spiro atoms. The van der Waals surface area contributed by atoms with Gasteiger partial charge in [0.1, 0.15) is 28.5 Å². The van der Waals surface area contributed by atoms with Crippen LogP contribution in [0.2, 0.25) is 0 Å². The molecule has 0 bridgehead atoms. The molecule has 0 saturated heterocycles. The Morgan fingerprint density at radius 3 is 2.29 bits per heavy atom. The van der Waals surface area contributed by atoms with Gasteiger partial charge in [-0.3, -0.25) is 4.79 Å². The Morgan fingerprint density at radius 2 is 1.67 bits per heavy atom. The first kappa shape index (κ1) is 37.2. The summed E-state index contributed by atoms with van der Waals surface area (Å²) >= 11 is 0. The molecule has 2 aromatic heterocycles. The third kappa shape index (κ3) is 9.50. The van der Waals surface area contributed by atoms with Gasteiger partial charge in [-0.15, -0.1) is 0 Å². The van der Waals surface area contributed by atoms with E-state index in [1.165, 1.54) is 4.90 Å². The molecule has 0 radical (unpaired) electrons. The summed E-state index contributed by atoms with van der Waals surface area (Å²) in [6.45, 7) is 13.2. The number of nitrogens with zero attached hydrogens (tertiary/aromatic N) is 4. The molecule has 0 fully saturated rings. The predicted molar refractivity (Wildman–Crippen MR) is 183 cm³/mol. The molecule has 4 N–H and O–H groups in total. The van der Waals surface area contributed by atoms with Crippen LogP contribution in [0.4, 0.5) is 26.7 Å². The molecular formula is C34H49N7O8. The summed E-state index contributed by atoms with van der Waals surface area (Å²) in [5.74, 6) is 0.711. The van der Waals surface area contributed by atoms with Crippen LogP contribution in [0, 0.1) is 33.6 Å². The molecule has 1 aromatic carbocycles. The molecule has 4 atom stereocenters. The van der Waals surface area contributed by atoms with Crippen molar-refractivity contribution in [2.45, 2.75) is 86.0 Å². The van der Waals surface area contributed by atoms with Gasteiger partial charge < -0.3 is 49.4 Å². The molecule has 1 aliphatic heterocycles. The monoisotopic (exact) mass is 683 g/mol. The van der Waals surface area contributed by atoms with E-state index in [-0.39, 0.29) is 49.2 Å². The molecule has 0 aliphatic carbocycles. The van der Waals surface area contributed by atoms with Gasteiger partial charge >= 0.3 is 12.1 Å². The Hall–Kier alpha value is -4.63. The van der Waals surface area contributed by atoms with Crippen LogP contribution in [0.5, 0.6) is 5.75 Å². The number of aliphatic hydroxyl groups excluding tert-OH is 1. The zero-order valence-corrected chi connectivity index (χ0v) is 29.6. The van der Waals surface area contributed by atoms with Crippen LogP contribution in [0.25, 0.3) is 0 Å². The Morgan fingerprint density at radius 1 is 1.02 bits per heavy atom. The van der Waals surface area contributed by atoms with Gasteiger partial charge in [0, 0.05) is 38.3 Å². The maximum atomic E-state index is 14.4. The first-order chi connectivity index (χ1) is 23.3. The quantitative estimate of drug-likeness (QED) is 0.248. The number of rotatable bonds is 7. The Bertz CT molecular complexity index is 1570. The standard InChI is InChI=1S/C34H49N7O8/c1-19-16-41(20(2)18-42)32(43)27-15-26(35-33(44)36-30-22(4)38-48-24(30)6)12-13-28(27)47-21(3)11-9-10-14-46-29(19)17-40(8)34(45)37-31-23(5)39-49-25(31)7/h12-13,15,19-21,29,42H,9-11,14,16-18H2,1-8H3,(H,37,45)(H2,35,36,44)/t19-,20+,21-,29-/m0/s1. The number of ether oxygens (including phenoxy) is 2. The maximum absolute atomic E-state index is 14.4. The van der Waals surface area contributed by atoms with Crippen molar-refractivity contribution in [1.82, 2.24) is 20.1 Å². The lowest BCUT2D eigenvalue weighted by molar-refractivity contribution is -0.0115. The van der Waals surface area contributed by atoms with E-state index in [9.17, 15) is 19.5 Å². The van der Waals surface area contributed by atoms with Crippen molar-refractivity contribution < 1.29 is 38.0 Å². The summed E-state index contributed by atoms with van der Waals surface area (Å²) < 4.78 is 23.0. The van der Waals surface area contributed by atoms with Gasteiger partial charge in [0.05, 0.1) is 30.4 Å². The van der Waals surface area contributed by atoms with Crippen LogP contribution >= 0.6 is 0 Å². The fourth-order valence-electron chi connectivity index (χ4n) is 5.62. The topological polar surface area (TPSA) is 185 Å². The lowest BCUT2D eigenvalue weighted by atomic mass is 10.0. The van der Waals surface area contributed by atoms with Crippen molar-refractivity contribution in [2.24, 2.45) is 5.92 Å². The number of carbonyl (C=O) groups excluding carboxylic acids is 3. The van der Waals surface area contributed by atoms with Crippen LogP contribution in [0.15, 0.2) is 27.2 Å². The summed E-state index contributed by atoms with van der Waals surface area (Å²) in [6, 6.07) is 3.48. The minimum Gasteiger partial charge on any atom is -0.490 e. The second-order valence-corrected chi connectivity index (χ2v) is 12.8. The normalized spacial score (nSPS) is 19.7. The van der Waals surface area contributed by atoms with Crippen LogP contribution in [-0.2, 0) is 4.74 Å². The van der Waals surface area contributed by atoms with E-state index in [1.807, 2.05) is 13.8 Å². The van der Waals surface area contributed by atoms with Gasteiger partial charge in [0.25, 0.3) is 5.91 Å². The SMILES string of the molecule is Cc1noc(C)c1NC(=O)Nc1ccc2c(c1)C(=O)N([C@H](C)CO)C[C@H](C)[C@H](CN(C)C(=O)Nc1c(C)noc1C)OCCCC[C@H](C)O2. The number of carbonyl (C=O) groups is 3. The second-order valence-electron chi connectivity index (χ2n) is 12.8. The number of amides is 5. The molecule has 1 aliphatic rings. The highest BCUT2D eigenvalue weighted by Crippen LogP contribution is 2.29. The van der Waals surface area contributed by atoms with Crippen molar-refractivity contribution in [1.29, 1.82) is 0 Å². The number of aryl methyl sites for hydroxylation is 4. The fourth-order valence-corrected chi connectivity index (χ4v) is 5.62. The highest BCUT2D eigenvalue weighted by Gasteiger charge is 2.31. The second kappa shape index (κ2) is 16.7. The van der Waals surface area contributed by atoms with E-state index in [2.05, 4.69) is 26.3 Å². The smallest absolute Gasteiger partial charge is 0.323 e. The molecule has 4 rings (SSSR count). The number of aliphatic hydroxyl groups is 1. The highest BCUT2D eigenvalue weighted by molar-refractivity contribution is 6.03. The van der Waals surface area contributed by atoms with E-state index >= 15 is 0 Å². The molecule has 0 saturated carbocycles. The van der Waals surface area contributed by atoms with E-state index in [4.69, 9.17) is 18.5 Å². The van der Waals surface area contributed by atoms with Crippen LogP contribution in [-0.4, -0.2) is 94.8 Å². The van der Waals surface area contributed by atoms with Gasteiger partial charge in [0.2, 0.25) is 0 Å². The first-order valence-electron chi connectivity index (χ1n) is 16.6. The van der Waals surface area contributed by atoms with Crippen molar-refractivity contribution in [3.05, 3.63) is 46.7 Å². The zero-order chi connectivity index (χ0) is 35.8. The number of fused-ring (bicyclic) bond motifs is 1. The third-order valence-electron chi connectivity index (χ3n) is 8.65. The number of nitrogens with one attached hydrogen (secondary N) is 3. The largest absolute Gasteiger partial charge is 0.490 e. The number of hydrogen-bond donors (Lipinski definition) is 4. The minimum absolute atomic E-state index is 0.212. The van der Waals surface area contributed by atoms with Crippen LogP contribution < -0.4 is 20.7 Å². The van der Waals surface area contributed by atoms with Crippen molar-refractivity contribution in [3.63, 3.8) is 0 Å². The van der Waals surface area contributed by atoms with Gasteiger partial charge in [-0.2, -0.15) is 0 Å². The number of hydrogen-bond acceptors (Lipinski definition) is 10. The van der Waals surface area contributed by atoms with E-state index in [1.54, 1.807) is 64.8 Å². The molecule has 3 heterocycles. The number of aromatic nitrogens is 2. The van der Waals surface area contributed by atoms with Gasteiger partial charge in [-0.25, -0.2) is 9.59 Å². The molecule has 49 heavy (non-hydrogen) atoms. The lowest BCUT2D eigenvalue weighted by Gasteiger charge is -2.35. The summed E-state index contributed by atoms with van der Waals surface area (Å²) in [5.41, 5.74) is 2.70. The van der Waals surface area contributed by atoms with E-state index in [0.29, 0.717) is 58.7 Å². The summed E-state index contributed by atoms with van der Waals surface area (Å²) in [6.07, 6.45) is 1.67. The van der Waals surface area contributed by atoms with E-state index in [0.717, 1.165) is 12.8 Å². The number of urea groups is 2. The third-order valence-corrected chi connectivity index (χ3v) is 8.65.